The number of nitrogens with two attached hydrogens (primary N) is 1. The largest absolute Gasteiger partial charge is 0.398 e. The van der Waals surface area contributed by atoms with Crippen molar-refractivity contribution in [2.24, 2.45) is 0 Å². The third-order valence-corrected chi connectivity index (χ3v) is 3.76. The molecule has 0 fully saturated rings. The third kappa shape index (κ3) is 2.42. The van der Waals surface area contributed by atoms with Crippen molar-refractivity contribution in [3.63, 3.8) is 0 Å². The maximum atomic E-state index is 13.2. The molecule has 5 heteroatoms. The van der Waals surface area contributed by atoms with Crippen LogP contribution in [0.3, 0.4) is 0 Å². The summed E-state index contributed by atoms with van der Waals surface area (Å²) >= 11 is 1.33. The molecular formula is C14H12FN3S. The van der Waals surface area contributed by atoms with E-state index in [4.69, 9.17) is 5.73 Å². The van der Waals surface area contributed by atoms with E-state index < -0.39 is 0 Å². The van der Waals surface area contributed by atoms with Gasteiger partial charge in [0.05, 0.1) is 11.0 Å². The molecule has 0 aliphatic rings. The number of aromatic nitrogens is 2. The van der Waals surface area contributed by atoms with Crippen molar-refractivity contribution >= 4 is 28.5 Å². The first-order valence-corrected chi connectivity index (χ1v) is 6.63. The molecule has 1 aromatic heterocycles. The first-order chi connectivity index (χ1) is 9.11. The van der Waals surface area contributed by atoms with E-state index in [2.05, 4.69) is 9.97 Å². The Bertz CT molecular complexity index is 752. The lowest BCUT2D eigenvalue weighted by molar-refractivity contribution is 0.624. The minimum absolute atomic E-state index is 0.302. The number of nitrogens with one attached hydrogen (secondary N) is 1. The number of aryl methyl sites for hydroxylation is 1. The van der Waals surface area contributed by atoms with Crippen molar-refractivity contribution < 1.29 is 4.39 Å². The topological polar surface area (TPSA) is 54.7 Å². The molecule has 0 atom stereocenters. The molecule has 0 amide bonds. The van der Waals surface area contributed by atoms with E-state index in [9.17, 15) is 4.39 Å². The molecule has 2 aromatic carbocycles. The molecule has 0 aliphatic heterocycles. The van der Waals surface area contributed by atoms with Crippen LogP contribution in [0, 0.1) is 12.7 Å². The Morgan fingerprint density at radius 2 is 2.05 bits per heavy atom. The summed E-state index contributed by atoms with van der Waals surface area (Å²) in [6.45, 7) is 2.03. The molecule has 3 nitrogen and oxygen atoms in total. The van der Waals surface area contributed by atoms with E-state index in [0.29, 0.717) is 15.7 Å². The van der Waals surface area contributed by atoms with Gasteiger partial charge in [-0.15, -0.1) is 0 Å². The van der Waals surface area contributed by atoms with Gasteiger partial charge in [0, 0.05) is 10.6 Å². The number of benzene rings is 2. The highest BCUT2D eigenvalue weighted by atomic mass is 32.2. The van der Waals surface area contributed by atoms with E-state index in [1.165, 1.54) is 23.9 Å². The Balaban J connectivity index is 1.98. The van der Waals surface area contributed by atoms with E-state index >= 15 is 0 Å². The second-order valence-electron chi connectivity index (χ2n) is 4.35. The second-order valence-corrected chi connectivity index (χ2v) is 5.38. The fourth-order valence-corrected chi connectivity index (χ4v) is 2.72. The highest BCUT2D eigenvalue weighted by Crippen LogP contribution is 2.32. The number of fused-ring (bicyclic) bond motifs is 1. The Morgan fingerprint density at radius 3 is 2.89 bits per heavy atom. The normalized spacial score (nSPS) is 11.1. The van der Waals surface area contributed by atoms with Crippen LogP contribution in [0.4, 0.5) is 10.1 Å². The minimum atomic E-state index is -0.302. The van der Waals surface area contributed by atoms with E-state index in [0.717, 1.165) is 16.6 Å². The van der Waals surface area contributed by atoms with Crippen LogP contribution in [0.25, 0.3) is 11.0 Å². The first kappa shape index (κ1) is 12.0. The van der Waals surface area contributed by atoms with Crippen molar-refractivity contribution in [1.29, 1.82) is 0 Å². The average molecular weight is 273 g/mol. The number of aromatic amines is 1. The summed E-state index contributed by atoms with van der Waals surface area (Å²) in [4.78, 5) is 8.32. The van der Waals surface area contributed by atoms with Crippen LogP contribution >= 0.6 is 11.8 Å². The summed E-state index contributed by atoms with van der Waals surface area (Å²) < 4.78 is 13.2. The van der Waals surface area contributed by atoms with E-state index in [-0.39, 0.29) is 5.82 Å². The Hall–Kier alpha value is -2.01. The molecule has 96 valence electrons. The number of hydrogen-bond donors (Lipinski definition) is 2. The molecule has 0 saturated carbocycles. The Kier molecular flexibility index (Phi) is 2.91. The third-order valence-electron chi connectivity index (χ3n) is 2.80. The van der Waals surface area contributed by atoms with Gasteiger partial charge in [0.2, 0.25) is 0 Å². The van der Waals surface area contributed by atoms with Gasteiger partial charge in [0.25, 0.3) is 0 Å². The highest BCUT2D eigenvalue weighted by Gasteiger charge is 2.08. The standard InChI is InChI=1S/C14H12FN3S/c1-8-2-5-11-12(6-8)18-14(17-11)19-13-7-9(15)3-4-10(13)16/h2-7H,16H2,1H3,(H,17,18). The number of anilines is 1. The highest BCUT2D eigenvalue weighted by molar-refractivity contribution is 7.99. The number of H-pyrrole nitrogens is 1. The fraction of sp³-hybridized carbons (Fsp3) is 0.0714. The van der Waals surface area contributed by atoms with Crippen LogP contribution in [-0.4, -0.2) is 9.97 Å². The van der Waals surface area contributed by atoms with Crippen molar-refractivity contribution in [2.45, 2.75) is 17.0 Å². The van der Waals surface area contributed by atoms with Crippen LogP contribution in [0.15, 0.2) is 46.5 Å². The number of hydrogen-bond acceptors (Lipinski definition) is 3. The van der Waals surface area contributed by atoms with Gasteiger partial charge >= 0.3 is 0 Å². The number of rotatable bonds is 2. The van der Waals surface area contributed by atoms with Gasteiger partial charge in [-0.05, 0) is 54.6 Å². The van der Waals surface area contributed by atoms with Crippen LogP contribution in [0.1, 0.15) is 5.56 Å². The van der Waals surface area contributed by atoms with Crippen molar-refractivity contribution in [3.8, 4) is 0 Å². The SMILES string of the molecule is Cc1ccc2nc(Sc3cc(F)ccc3N)[nH]c2c1. The van der Waals surface area contributed by atoms with Crippen LogP contribution in [0.2, 0.25) is 0 Å². The molecule has 3 N–H and O–H groups in total. The van der Waals surface area contributed by atoms with Crippen molar-refractivity contribution in [2.75, 3.05) is 5.73 Å². The van der Waals surface area contributed by atoms with Crippen molar-refractivity contribution in [3.05, 3.63) is 47.8 Å². The van der Waals surface area contributed by atoms with Crippen LogP contribution in [-0.2, 0) is 0 Å². The zero-order chi connectivity index (χ0) is 13.4. The maximum Gasteiger partial charge on any atom is 0.171 e. The molecule has 0 saturated heterocycles. The lowest BCUT2D eigenvalue weighted by atomic mass is 10.2. The summed E-state index contributed by atoms with van der Waals surface area (Å²) in [6, 6.07) is 10.3. The molecule has 0 spiro atoms. The summed E-state index contributed by atoms with van der Waals surface area (Å²) in [7, 11) is 0. The molecule has 0 radical (unpaired) electrons. The van der Waals surface area contributed by atoms with E-state index in [1.54, 1.807) is 6.07 Å². The molecular weight excluding hydrogens is 261 g/mol. The lowest BCUT2D eigenvalue weighted by Gasteiger charge is -2.02. The van der Waals surface area contributed by atoms with Gasteiger partial charge in [0.15, 0.2) is 5.16 Å². The minimum Gasteiger partial charge on any atom is -0.398 e. The summed E-state index contributed by atoms with van der Waals surface area (Å²) in [5.41, 5.74) is 9.40. The predicted molar refractivity (Wildman–Crippen MR) is 75.8 cm³/mol. The molecule has 0 unspecified atom stereocenters. The van der Waals surface area contributed by atoms with E-state index in [1.807, 2.05) is 25.1 Å². The zero-order valence-electron chi connectivity index (χ0n) is 10.3. The Morgan fingerprint density at radius 1 is 1.21 bits per heavy atom. The predicted octanol–water partition coefficient (Wildman–Crippen LogP) is 3.74. The summed E-state index contributed by atoms with van der Waals surface area (Å²) in [5, 5.41) is 0.706. The van der Waals surface area contributed by atoms with Gasteiger partial charge in [-0.25, -0.2) is 9.37 Å². The van der Waals surface area contributed by atoms with Crippen LogP contribution in [0.5, 0.6) is 0 Å². The second kappa shape index (κ2) is 4.59. The van der Waals surface area contributed by atoms with Crippen molar-refractivity contribution in [1.82, 2.24) is 9.97 Å². The van der Waals surface area contributed by atoms with Gasteiger partial charge < -0.3 is 10.7 Å². The zero-order valence-corrected chi connectivity index (χ0v) is 11.1. The molecule has 19 heavy (non-hydrogen) atoms. The van der Waals surface area contributed by atoms with Gasteiger partial charge in [-0.1, -0.05) is 6.07 Å². The number of nitrogens with zero attached hydrogens (tertiary/aromatic N) is 1. The number of nitrogen functional groups attached to an aromatic ring is 1. The van der Waals surface area contributed by atoms with Gasteiger partial charge in [-0.3, -0.25) is 0 Å². The molecule has 1 heterocycles. The van der Waals surface area contributed by atoms with Gasteiger partial charge in [0.1, 0.15) is 5.82 Å². The van der Waals surface area contributed by atoms with Crippen LogP contribution < -0.4 is 5.73 Å². The summed E-state index contributed by atoms with van der Waals surface area (Å²) in [5.74, 6) is -0.302. The monoisotopic (exact) mass is 273 g/mol. The Labute approximate surface area is 114 Å². The fourth-order valence-electron chi connectivity index (χ4n) is 1.85. The maximum absolute atomic E-state index is 13.2. The van der Waals surface area contributed by atoms with Gasteiger partial charge in [-0.2, -0.15) is 0 Å². The smallest absolute Gasteiger partial charge is 0.171 e. The summed E-state index contributed by atoms with van der Waals surface area (Å²) in [6.07, 6.45) is 0. The first-order valence-electron chi connectivity index (χ1n) is 5.81. The molecule has 0 aliphatic carbocycles. The molecule has 3 rings (SSSR count). The number of imidazole rings is 1. The quantitative estimate of drug-likeness (QED) is 0.699. The molecule has 3 aromatic rings. The average Bonchev–Trinajstić information content (AvgIpc) is 2.75. The lowest BCUT2D eigenvalue weighted by Crippen LogP contribution is -1.89. The molecule has 0 bridgehead atoms. The number of halogens is 1.